The molecule has 0 bridgehead atoms. The monoisotopic (exact) mass is 157 g/mol. The first-order valence-electron chi connectivity index (χ1n) is 4.40. The molecule has 2 nitrogen and oxygen atoms in total. The molecule has 1 fully saturated rings. The van der Waals surface area contributed by atoms with Crippen molar-refractivity contribution < 1.29 is 5.21 Å². The summed E-state index contributed by atoms with van der Waals surface area (Å²) >= 11 is 0. The summed E-state index contributed by atoms with van der Waals surface area (Å²) in [5.74, 6) is 0.708. The van der Waals surface area contributed by atoms with E-state index in [0.717, 1.165) is 6.54 Å². The Morgan fingerprint density at radius 2 is 2.18 bits per heavy atom. The first-order chi connectivity index (χ1) is 4.99. The molecule has 1 rings (SSSR count). The maximum atomic E-state index is 9.02. The molecule has 0 radical (unpaired) electrons. The third-order valence-electron chi connectivity index (χ3n) is 2.59. The van der Waals surface area contributed by atoms with Crippen molar-refractivity contribution >= 4 is 0 Å². The summed E-state index contributed by atoms with van der Waals surface area (Å²) in [6, 6.07) is 0. The fourth-order valence-corrected chi connectivity index (χ4v) is 2.11. The molecule has 1 aliphatic carbocycles. The van der Waals surface area contributed by atoms with Gasteiger partial charge in [0.2, 0.25) is 0 Å². The highest BCUT2D eigenvalue weighted by atomic mass is 16.5. The van der Waals surface area contributed by atoms with Gasteiger partial charge in [-0.2, -0.15) is 5.06 Å². The van der Waals surface area contributed by atoms with Crippen LogP contribution in [0.2, 0.25) is 0 Å². The Kier molecular flexibility index (Phi) is 2.55. The van der Waals surface area contributed by atoms with Crippen molar-refractivity contribution in [2.45, 2.75) is 33.1 Å². The molecule has 0 aromatic heterocycles. The van der Waals surface area contributed by atoms with E-state index >= 15 is 0 Å². The lowest BCUT2D eigenvalue weighted by molar-refractivity contribution is -0.0760. The number of hydrogen-bond donors (Lipinski definition) is 1. The highest BCUT2D eigenvalue weighted by Gasteiger charge is 2.30. The predicted molar refractivity (Wildman–Crippen MR) is 45.5 cm³/mol. The maximum Gasteiger partial charge on any atom is 0.0263 e. The minimum absolute atomic E-state index is 0.515. The van der Waals surface area contributed by atoms with Crippen LogP contribution >= 0.6 is 0 Å². The number of hydrogen-bond acceptors (Lipinski definition) is 2. The lowest BCUT2D eigenvalue weighted by Crippen LogP contribution is -2.21. The zero-order valence-electron chi connectivity index (χ0n) is 7.80. The lowest BCUT2D eigenvalue weighted by atomic mass is 9.90. The van der Waals surface area contributed by atoms with E-state index in [1.54, 1.807) is 7.05 Å². The van der Waals surface area contributed by atoms with E-state index in [1.807, 2.05) is 0 Å². The Morgan fingerprint density at radius 1 is 1.55 bits per heavy atom. The Balaban J connectivity index is 2.31. The van der Waals surface area contributed by atoms with Gasteiger partial charge in [-0.25, -0.2) is 0 Å². The molecular weight excluding hydrogens is 138 g/mol. The van der Waals surface area contributed by atoms with Gasteiger partial charge in [-0.05, 0) is 30.6 Å². The lowest BCUT2D eigenvalue weighted by Gasteiger charge is -2.18. The summed E-state index contributed by atoms with van der Waals surface area (Å²) in [4.78, 5) is 0. The average molecular weight is 157 g/mol. The smallest absolute Gasteiger partial charge is 0.0263 e. The summed E-state index contributed by atoms with van der Waals surface area (Å²) < 4.78 is 0. The van der Waals surface area contributed by atoms with E-state index in [-0.39, 0.29) is 0 Å². The molecule has 1 N–H and O–H groups in total. The second-order valence-corrected chi connectivity index (χ2v) is 4.61. The highest BCUT2D eigenvalue weighted by molar-refractivity contribution is 4.82. The van der Waals surface area contributed by atoms with Crippen LogP contribution < -0.4 is 0 Å². The van der Waals surface area contributed by atoms with E-state index in [9.17, 15) is 0 Å². The molecule has 2 heteroatoms. The first-order valence-corrected chi connectivity index (χ1v) is 4.40. The van der Waals surface area contributed by atoms with Gasteiger partial charge in [0.05, 0.1) is 0 Å². The molecule has 0 heterocycles. The molecular formula is C9H19NO. The maximum absolute atomic E-state index is 9.02. The Morgan fingerprint density at radius 3 is 2.55 bits per heavy atom. The van der Waals surface area contributed by atoms with Crippen LogP contribution in [0.3, 0.4) is 0 Å². The van der Waals surface area contributed by atoms with Crippen LogP contribution in [0.15, 0.2) is 0 Å². The van der Waals surface area contributed by atoms with E-state index in [4.69, 9.17) is 5.21 Å². The third-order valence-corrected chi connectivity index (χ3v) is 2.59. The van der Waals surface area contributed by atoms with Gasteiger partial charge in [0.15, 0.2) is 0 Å². The van der Waals surface area contributed by atoms with Crippen molar-refractivity contribution in [3.8, 4) is 0 Å². The second kappa shape index (κ2) is 3.11. The van der Waals surface area contributed by atoms with Gasteiger partial charge in [-0.15, -0.1) is 0 Å². The summed E-state index contributed by atoms with van der Waals surface area (Å²) in [6.07, 6.45) is 3.85. The van der Waals surface area contributed by atoms with Crippen molar-refractivity contribution in [1.82, 2.24) is 5.06 Å². The van der Waals surface area contributed by atoms with Crippen molar-refractivity contribution in [3.05, 3.63) is 0 Å². The van der Waals surface area contributed by atoms with Gasteiger partial charge >= 0.3 is 0 Å². The molecule has 11 heavy (non-hydrogen) atoms. The van der Waals surface area contributed by atoms with E-state index in [0.29, 0.717) is 11.3 Å². The standard InChI is InChI=1S/C9H19NO/c1-9(2)5-4-8(6-9)7-10(3)11/h8,11H,4-7H2,1-3H3. The van der Waals surface area contributed by atoms with Gasteiger partial charge in [-0.3, -0.25) is 0 Å². The quantitative estimate of drug-likeness (QED) is 0.621. The number of rotatable bonds is 2. The topological polar surface area (TPSA) is 23.5 Å². The van der Waals surface area contributed by atoms with Gasteiger partial charge < -0.3 is 5.21 Å². The van der Waals surface area contributed by atoms with Gasteiger partial charge in [0, 0.05) is 13.6 Å². The third kappa shape index (κ3) is 2.80. The van der Waals surface area contributed by atoms with Gasteiger partial charge in [0.1, 0.15) is 0 Å². The Bertz CT molecular complexity index is 132. The van der Waals surface area contributed by atoms with Crippen LogP contribution in [0, 0.1) is 11.3 Å². The van der Waals surface area contributed by atoms with Crippen LogP contribution in [0.4, 0.5) is 0 Å². The fraction of sp³-hybridized carbons (Fsp3) is 1.00. The molecule has 0 aliphatic heterocycles. The van der Waals surface area contributed by atoms with E-state index in [1.165, 1.54) is 24.3 Å². The predicted octanol–water partition coefficient (Wildman–Crippen LogP) is 2.13. The second-order valence-electron chi connectivity index (χ2n) is 4.61. The Labute approximate surface area is 69.2 Å². The molecule has 1 aliphatic rings. The molecule has 1 atom stereocenters. The Hall–Kier alpha value is -0.0800. The number of nitrogens with zero attached hydrogens (tertiary/aromatic N) is 1. The number of hydroxylamine groups is 2. The van der Waals surface area contributed by atoms with E-state index in [2.05, 4.69) is 13.8 Å². The largest absolute Gasteiger partial charge is 0.314 e. The SMILES string of the molecule is CN(O)CC1CCC(C)(C)C1. The van der Waals surface area contributed by atoms with Crippen molar-refractivity contribution in [2.24, 2.45) is 11.3 Å². The first kappa shape index (κ1) is 9.01. The van der Waals surface area contributed by atoms with Gasteiger partial charge in [0.25, 0.3) is 0 Å². The summed E-state index contributed by atoms with van der Waals surface area (Å²) in [5, 5.41) is 10.3. The minimum atomic E-state index is 0.515. The molecule has 0 saturated heterocycles. The molecule has 0 aromatic carbocycles. The van der Waals surface area contributed by atoms with Gasteiger partial charge in [-0.1, -0.05) is 13.8 Å². The highest BCUT2D eigenvalue weighted by Crippen LogP contribution is 2.40. The molecule has 0 aromatic rings. The summed E-state index contributed by atoms with van der Waals surface area (Å²) in [6.45, 7) is 5.46. The van der Waals surface area contributed by atoms with Crippen molar-refractivity contribution in [3.63, 3.8) is 0 Å². The summed E-state index contributed by atoms with van der Waals surface area (Å²) in [7, 11) is 1.73. The van der Waals surface area contributed by atoms with Crippen LogP contribution in [-0.2, 0) is 0 Å². The minimum Gasteiger partial charge on any atom is -0.314 e. The average Bonchev–Trinajstić information content (AvgIpc) is 2.08. The zero-order chi connectivity index (χ0) is 8.48. The van der Waals surface area contributed by atoms with E-state index < -0.39 is 0 Å². The normalized spacial score (nSPS) is 29.7. The molecule has 1 unspecified atom stereocenters. The molecule has 1 saturated carbocycles. The fourth-order valence-electron chi connectivity index (χ4n) is 2.11. The molecule has 0 spiro atoms. The van der Waals surface area contributed by atoms with Crippen LogP contribution in [-0.4, -0.2) is 23.9 Å². The van der Waals surface area contributed by atoms with Crippen molar-refractivity contribution in [1.29, 1.82) is 0 Å². The molecule has 66 valence electrons. The van der Waals surface area contributed by atoms with Crippen LogP contribution in [0.1, 0.15) is 33.1 Å². The molecule has 0 amide bonds. The van der Waals surface area contributed by atoms with Crippen LogP contribution in [0.25, 0.3) is 0 Å². The van der Waals surface area contributed by atoms with Crippen molar-refractivity contribution in [2.75, 3.05) is 13.6 Å². The summed E-state index contributed by atoms with van der Waals surface area (Å²) in [5.41, 5.74) is 0.515. The zero-order valence-corrected chi connectivity index (χ0v) is 7.80. The van der Waals surface area contributed by atoms with Crippen LogP contribution in [0.5, 0.6) is 0 Å².